The summed E-state index contributed by atoms with van der Waals surface area (Å²) in [6.45, 7) is 6.31. The first-order chi connectivity index (χ1) is 7.54. The molecule has 0 saturated carbocycles. The first-order valence-corrected chi connectivity index (χ1v) is 5.38. The van der Waals surface area contributed by atoms with Crippen molar-refractivity contribution in [3.63, 3.8) is 0 Å². The summed E-state index contributed by atoms with van der Waals surface area (Å²) in [5, 5.41) is 0. The molecule has 0 aromatic rings. The molecule has 1 saturated heterocycles. The lowest BCUT2D eigenvalue weighted by molar-refractivity contribution is -0.137. The Morgan fingerprint density at radius 1 is 1.19 bits per heavy atom. The number of hydrogen-bond acceptors (Lipinski definition) is 3. The molecule has 0 aromatic heterocycles. The van der Waals surface area contributed by atoms with Gasteiger partial charge in [-0.05, 0) is 20.2 Å². The van der Waals surface area contributed by atoms with Crippen LogP contribution in [0.1, 0.15) is 0 Å². The lowest BCUT2D eigenvalue weighted by Crippen LogP contribution is -2.51. The van der Waals surface area contributed by atoms with Gasteiger partial charge >= 0.3 is 0 Å². The van der Waals surface area contributed by atoms with Crippen LogP contribution in [0.4, 0.5) is 0 Å². The largest absolute Gasteiger partial charge is 0.338 e. The van der Waals surface area contributed by atoms with E-state index in [0.717, 1.165) is 0 Å². The van der Waals surface area contributed by atoms with Crippen LogP contribution in [0, 0.1) is 0 Å². The fourth-order valence-corrected chi connectivity index (χ4v) is 1.68. The normalized spacial score (nSPS) is 16.4. The van der Waals surface area contributed by atoms with Crippen molar-refractivity contribution in [3.8, 4) is 0 Å². The molecule has 0 aliphatic carbocycles. The van der Waals surface area contributed by atoms with Crippen LogP contribution < -0.4 is 0 Å². The molecule has 0 spiro atoms. The van der Waals surface area contributed by atoms with Crippen molar-refractivity contribution in [2.75, 3.05) is 46.8 Å². The molecule has 1 fully saturated rings. The predicted octanol–water partition coefficient (Wildman–Crippen LogP) is -0.595. The van der Waals surface area contributed by atoms with Crippen LogP contribution in [-0.4, -0.2) is 73.3 Å². The van der Waals surface area contributed by atoms with Gasteiger partial charge in [-0.25, -0.2) is 0 Å². The second-order valence-corrected chi connectivity index (χ2v) is 4.15. The highest BCUT2D eigenvalue weighted by Gasteiger charge is 2.22. The molecule has 0 atom stereocenters. The van der Waals surface area contributed by atoms with E-state index in [0.29, 0.717) is 32.7 Å². The van der Waals surface area contributed by atoms with Crippen molar-refractivity contribution in [3.05, 3.63) is 12.7 Å². The molecule has 0 unspecified atom stereocenters. The fraction of sp³-hybridized carbons (Fsp3) is 0.636. The topological polar surface area (TPSA) is 43.9 Å². The quantitative estimate of drug-likeness (QED) is 0.603. The summed E-state index contributed by atoms with van der Waals surface area (Å²) in [6, 6.07) is 0. The Labute approximate surface area is 96.3 Å². The van der Waals surface area contributed by atoms with Gasteiger partial charge in [0.1, 0.15) is 0 Å². The molecule has 0 aromatic carbocycles. The molecule has 1 rings (SSSR count). The summed E-state index contributed by atoms with van der Waals surface area (Å²) in [5.41, 5.74) is 0. The standard InChI is InChI=1S/C11H19N3O2/c1-4-10(15)13-5-7-14(8-6-13)11(16)9-12(2)3/h4H,1,5-9H2,2-3H3. The molecule has 0 radical (unpaired) electrons. The van der Waals surface area contributed by atoms with Gasteiger partial charge in [0.2, 0.25) is 11.8 Å². The summed E-state index contributed by atoms with van der Waals surface area (Å²) in [4.78, 5) is 28.4. The Morgan fingerprint density at radius 3 is 2.12 bits per heavy atom. The lowest BCUT2D eigenvalue weighted by atomic mass is 10.3. The molecule has 0 N–H and O–H groups in total. The van der Waals surface area contributed by atoms with Crippen LogP contribution in [0.5, 0.6) is 0 Å². The van der Waals surface area contributed by atoms with Crippen LogP contribution in [0.25, 0.3) is 0 Å². The Balaban J connectivity index is 2.39. The maximum absolute atomic E-state index is 11.7. The molecule has 1 heterocycles. The molecule has 90 valence electrons. The predicted molar refractivity (Wildman–Crippen MR) is 61.9 cm³/mol. The van der Waals surface area contributed by atoms with Crippen molar-refractivity contribution in [2.24, 2.45) is 0 Å². The third-order valence-corrected chi connectivity index (χ3v) is 2.57. The summed E-state index contributed by atoms with van der Waals surface area (Å²) in [7, 11) is 3.74. The van der Waals surface area contributed by atoms with Crippen molar-refractivity contribution in [2.45, 2.75) is 0 Å². The first kappa shape index (κ1) is 12.7. The average molecular weight is 225 g/mol. The van der Waals surface area contributed by atoms with Gasteiger partial charge in [0, 0.05) is 26.2 Å². The van der Waals surface area contributed by atoms with Crippen LogP contribution in [0.2, 0.25) is 0 Å². The number of carbonyl (C=O) groups excluding carboxylic acids is 2. The minimum absolute atomic E-state index is 0.0558. The highest BCUT2D eigenvalue weighted by molar-refractivity contribution is 5.87. The Hall–Kier alpha value is -1.36. The number of amides is 2. The first-order valence-electron chi connectivity index (χ1n) is 5.38. The third-order valence-electron chi connectivity index (χ3n) is 2.57. The van der Waals surface area contributed by atoms with Gasteiger partial charge in [-0.1, -0.05) is 6.58 Å². The summed E-state index contributed by atoms with van der Waals surface area (Å²) < 4.78 is 0. The Morgan fingerprint density at radius 2 is 1.69 bits per heavy atom. The van der Waals surface area contributed by atoms with E-state index < -0.39 is 0 Å². The summed E-state index contributed by atoms with van der Waals surface area (Å²) in [6.07, 6.45) is 1.32. The maximum atomic E-state index is 11.7. The SMILES string of the molecule is C=CC(=O)N1CCN(C(=O)CN(C)C)CC1. The van der Waals surface area contributed by atoms with Crippen LogP contribution in [0.3, 0.4) is 0 Å². The van der Waals surface area contributed by atoms with Gasteiger partial charge in [-0.2, -0.15) is 0 Å². The monoisotopic (exact) mass is 225 g/mol. The highest BCUT2D eigenvalue weighted by Crippen LogP contribution is 2.03. The average Bonchev–Trinajstić information content (AvgIpc) is 2.27. The van der Waals surface area contributed by atoms with E-state index in [1.165, 1.54) is 6.08 Å². The van der Waals surface area contributed by atoms with Crippen molar-refractivity contribution in [1.82, 2.24) is 14.7 Å². The van der Waals surface area contributed by atoms with Gasteiger partial charge in [-0.3, -0.25) is 9.59 Å². The molecular weight excluding hydrogens is 206 g/mol. The zero-order valence-corrected chi connectivity index (χ0v) is 9.98. The molecule has 2 amide bonds. The molecule has 16 heavy (non-hydrogen) atoms. The van der Waals surface area contributed by atoms with Gasteiger partial charge in [0.05, 0.1) is 6.54 Å². The van der Waals surface area contributed by atoms with E-state index in [4.69, 9.17) is 0 Å². The second-order valence-electron chi connectivity index (χ2n) is 4.15. The van der Waals surface area contributed by atoms with Crippen molar-refractivity contribution in [1.29, 1.82) is 0 Å². The Kier molecular flexibility index (Phi) is 4.49. The number of likely N-dealkylation sites (N-methyl/N-ethyl adjacent to an activating group) is 1. The fourth-order valence-electron chi connectivity index (χ4n) is 1.68. The number of carbonyl (C=O) groups is 2. The third kappa shape index (κ3) is 3.34. The van der Waals surface area contributed by atoms with Crippen LogP contribution in [0.15, 0.2) is 12.7 Å². The molecule has 1 aliphatic heterocycles. The minimum atomic E-state index is -0.0558. The van der Waals surface area contributed by atoms with E-state index >= 15 is 0 Å². The molecule has 0 bridgehead atoms. The number of piperazine rings is 1. The number of nitrogens with zero attached hydrogens (tertiary/aromatic N) is 3. The van der Waals surface area contributed by atoms with E-state index in [9.17, 15) is 9.59 Å². The minimum Gasteiger partial charge on any atom is -0.338 e. The zero-order chi connectivity index (χ0) is 12.1. The zero-order valence-electron chi connectivity index (χ0n) is 9.98. The van der Waals surface area contributed by atoms with Gasteiger partial charge in [-0.15, -0.1) is 0 Å². The van der Waals surface area contributed by atoms with E-state index in [-0.39, 0.29) is 11.8 Å². The summed E-state index contributed by atoms with van der Waals surface area (Å²) in [5.74, 6) is 0.0652. The molecule has 5 nitrogen and oxygen atoms in total. The van der Waals surface area contributed by atoms with Gasteiger partial charge in [0.15, 0.2) is 0 Å². The molecular formula is C11H19N3O2. The number of hydrogen-bond donors (Lipinski definition) is 0. The van der Waals surface area contributed by atoms with Gasteiger partial charge < -0.3 is 14.7 Å². The van der Waals surface area contributed by atoms with Crippen molar-refractivity contribution < 1.29 is 9.59 Å². The molecule has 5 heteroatoms. The van der Waals surface area contributed by atoms with E-state index in [1.54, 1.807) is 9.80 Å². The van der Waals surface area contributed by atoms with E-state index in [1.807, 2.05) is 19.0 Å². The summed E-state index contributed by atoms with van der Waals surface area (Å²) >= 11 is 0. The van der Waals surface area contributed by atoms with Gasteiger partial charge in [0.25, 0.3) is 0 Å². The highest BCUT2D eigenvalue weighted by atomic mass is 16.2. The smallest absolute Gasteiger partial charge is 0.246 e. The maximum Gasteiger partial charge on any atom is 0.246 e. The van der Waals surface area contributed by atoms with Crippen LogP contribution >= 0.6 is 0 Å². The number of rotatable bonds is 3. The molecule has 1 aliphatic rings. The van der Waals surface area contributed by atoms with Crippen molar-refractivity contribution >= 4 is 11.8 Å². The van der Waals surface area contributed by atoms with E-state index in [2.05, 4.69) is 6.58 Å². The lowest BCUT2D eigenvalue weighted by Gasteiger charge is -2.34. The second kappa shape index (κ2) is 5.65. The Bertz CT molecular complexity index is 281. The van der Waals surface area contributed by atoms with Crippen LogP contribution in [-0.2, 0) is 9.59 Å².